The van der Waals surface area contributed by atoms with Crippen LogP contribution in [0.25, 0.3) is 10.7 Å². The lowest BCUT2D eigenvalue weighted by Gasteiger charge is -2.28. The average molecular weight is 493 g/mol. The molecule has 0 aliphatic carbocycles. The molecule has 0 atom stereocenters. The van der Waals surface area contributed by atoms with Crippen LogP contribution < -0.4 is 11.2 Å². The minimum absolute atomic E-state index is 0.0586. The van der Waals surface area contributed by atoms with Gasteiger partial charge in [-0.2, -0.15) is 5.10 Å². The Labute approximate surface area is 209 Å². The molecule has 0 saturated heterocycles. The highest BCUT2D eigenvalue weighted by Crippen LogP contribution is 2.41. The van der Waals surface area contributed by atoms with Gasteiger partial charge in [0, 0.05) is 17.3 Å². The molecule has 190 valence electrons. The molecule has 0 unspecified atom stereocenters. The van der Waals surface area contributed by atoms with Crippen molar-refractivity contribution in [1.82, 2.24) is 23.9 Å². The van der Waals surface area contributed by atoms with E-state index in [2.05, 4.69) is 25.2 Å². The maximum absolute atomic E-state index is 13.4. The van der Waals surface area contributed by atoms with E-state index in [9.17, 15) is 14.7 Å². The zero-order chi connectivity index (χ0) is 27.2. The predicted octanol–water partition coefficient (Wildman–Crippen LogP) is 5.07. The third-order valence-corrected chi connectivity index (χ3v) is 5.32. The topological polar surface area (TPSA) is 124 Å². The summed E-state index contributed by atoms with van der Waals surface area (Å²) in [5, 5.41) is 23.9. The van der Waals surface area contributed by atoms with E-state index in [1.165, 1.54) is 4.68 Å². The molecule has 3 aromatic rings. The minimum atomic E-state index is -0.893. The fraction of sp³-hybridized carbons (Fsp3) is 0.480. The van der Waals surface area contributed by atoms with Gasteiger partial charge in [0.05, 0.1) is 12.3 Å². The molecule has 1 N–H and O–H groups in total. The van der Waals surface area contributed by atoms with Crippen molar-refractivity contribution in [1.29, 1.82) is 0 Å². The quantitative estimate of drug-likeness (QED) is 0.404. The minimum Gasteiger partial charge on any atom is -0.493 e. The summed E-state index contributed by atoms with van der Waals surface area (Å²) in [5.41, 5.74) is -3.49. The molecule has 0 radical (unpaired) electrons. The summed E-state index contributed by atoms with van der Waals surface area (Å²) < 4.78 is 3.54. The van der Waals surface area contributed by atoms with E-state index < -0.39 is 39.3 Å². The largest absolute Gasteiger partial charge is 0.493 e. The molecule has 0 saturated carbocycles. The van der Waals surface area contributed by atoms with Crippen LogP contribution in [0.5, 0.6) is 5.88 Å². The Morgan fingerprint density at radius 3 is 2.03 bits per heavy atom. The Balaban J connectivity index is 2.40. The normalized spacial score (nSPS) is 12.8. The van der Waals surface area contributed by atoms with Crippen LogP contribution in [0.3, 0.4) is 0 Å². The standard InChI is InChI=1S/C25H32N8O3/c1-23(2,3)18-16(26-10)19(33(30-18)15-13-11-12-14-27-15)29-28-17-20(34)31(24(4,5)6)22(36)32(21(17)35)25(7,8)9/h11-14,34H,1-9H3. The highest BCUT2D eigenvalue weighted by atomic mass is 16.3. The van der Waals surface area contributed by atoms with Crippen LogP contribution in [0.4, 0.5) is 17.2 Å². The van der Waals surface area contributed by atoms with Crippen molar-refractivity contribution in [2.45, 2.75) is 78.8 Å². The van der Waals surface area contributed by atoms with Gasteiger partial charge in [-0.05, 0) is 59.1 Å². The van der Waals surface area contributed by atoms with Gasteiger partial charge in [-0.15, -0.1) is 10.2 Å². The summed E-state index contributed by atoms with van der Waals surface area (Å²) >= 11 is 0. The molecule has 0 spiro atoms. The van der Waals surface area contributed by atoms with Gasteiger partial charge in [0.2, 0.25) is 11.6 Å². The molecule has 11 nitrogen and oxygen atoms in total. The Morgan fingerprint density at radius 1 is 0.944 bits per heavy atom. The Kier molecular flexibility index (Phi) is 6.53. The number of nitrogens with zero attached hydrogens (tertiary/aromatic N) is 8. The number of hydrogen-bond donors (Lipinski definition) is 1. The first kappa shape index (κ1) is 26.5. The van der Waals surface area contributed by atoms with E-state index in [0.717, 1.165) is 9.13 Å². The van der Waals surface area contributed by atoms with E-state index in [-0.39, 0.29) is 11.5 Å². The average Bonchev–Trinajstić information content (AvgIpc) is 3.11. The Morgan fingerprint density at radius 2 is 1.56 bits per heavy atom. The molecular formula is C25H32N8O3. The lowest BCUT2D eigenvalue weighted by molar-refractivity contribution is 0.273. The van der Waals surface area contributed by atoms with E-state index in [4.69, 9.17) is 6.57 Å². The smallest absolute Gasteiger partial charge is 0.334 e. The van der Waals surface area contributed by atoms with Crippen molar-refractivity contribution in [3.63, 3.8) is 0 Å². The molecule has 3 rings (SSSR count). The SMILES string of the molecule is [C-]#[N+]c1c(C(C)(C)C)nn(-c2ccccn2)c1N=Nc1c(O)n(C(C)(C)C)c(=O)n(C(C)(C)C)c1=O. The van der Waals surface area contributed by atoms with Gasteiger partial charge >= 0.3 is 5.69 Å². The summed E-state index contributed by atoms with van der Waals surface area (Å²) in [4.78, 5) is 34.5. The van der Waals surface area contributed by atoms with E-state index in [1.54, 1.807) is 65.9 Å². The molecule has 3 aromatic heterocycles. The first-order valence-electron chi connectivity index (χ1n) is 11.5. The first-order chi connectivity index (χ1) is 16.5. The van der Waals surface area contributed by atoms with Crippen molar-refractivity contribution < 1.29 is 5.11 Å². The number of pyridine rings is 1. The van der Waals surface area contributed by atoms with Gasteiger partial charge in [0.1, 0.15) is 0 Å². The summed E-state index contributed by atoms with van der Waals surface area (Å²) in [6, 6.07) is 5.22. The maximum atomic E-state index is 13.4. The van der Waals surface area contributed by atoms with Crippen LogP contribution in [0.2, 0.25) is 0 Å². The van der Waals surface area contributed by atoms with Crippen molar-refractivity contribution in [3.05, 3.63) is 62.3 Å². The third-order valence-electron chi connectivity index (χ3n) is 5.32. The number of aromatic hydroxyl groups is 1. The summed E-state index contributed by atoms with van der Waals surface area (Å²) in [7, 11) is 0. The fourth-order valence-corrected chi connectivity index (χ4v) is 3.70. The van der Waals surface area contributed by atoms with Crippen molar-refractivity contribution >= 4 is 17.2 Å². The van der Waals surface area contributed by atoms with E-state index in [0.29, 0.717) is 11.5 Å². The molecule has 0 aliphatic rings. The summed E-state index contributed by atoms with van der Waals surface area (Å²) in [5.74, 6) is -0.142. The zero-order valence-electron chi connectivity index (χ0n) is 22.2. The van der Waals surface area contributed by atoms with Gasteiger partial charge in [0.25, 0.3) is 11.2 Å². The third kappa shape index (κ3) is 4.71. The molecule has 36 heavy (non-hydrogen) atoms. The molecule has 0 fully saturated rings. The van der Waals surface area contributed by atoms with Crippen molar-refractivity contribution in [2.24, 2.45) is 10.2 Å². The molecule has 0 amide bonds. The molecular weight excluding hydrogens is 460 g/mol. The van der Waals surface area contributed by atoms with Gasteiger partial charge < -0.3 is 5.11 Å². The van der Waals surface area contributed by atoms with Gasteiger partial charge in [-0.25, -0.2) is 19.3 Å². The van der Waals surface area contributed by atoms with Crippen LogP contribution in [0.15, 0.2) is 44.2 Å². The summed E-state index contributed by atoms with van der Waals surface area (Å²) in [6.45, 7) is 23.9. The summed E-state index contributed by atoms with van der Waals surface area (Å²) in [6.07, 6.45) is 1.58. The monoisotopic (exact) mass is 492 g/mol. The van der Waals surface area contributed by atoms with Crippen LogP contribution in [-0.2, 0) is 16.5 Å². The molecule has 3 heterocycles. The number of aromatic nitrogens is 5. The Bertz CT molecular complexity index is 1480. The lowest BCUT2D eigenvalue weighted by Crippen LogP contribution is -2.50. The molecule has 0 aromatic carbocycles. The first-order valence-corrected chi connectivity index (χ1v) is 11.5. The van der Waals surface area contributed by atoms with Gasteiger partial charge in [-0.1, -0.05) is 26.8 Å². The van der Waals surface area contributed by atoms with Crippen LogP contribution in [-0.4, -0.2) is 29.0 Å². The second kappa shape index (κ2) is 8.86. The highest BCUT2D eigenvalue weighted by molar-refractivity contribution is 5.69. The zero-order valence-corrected chi connectivity index (χ0v) is 22.2. The number of hydrogen-bond acceptors (Lipinski definition) is 7. The molecule has 0 bridgehead atoms. The molecule has 0 aliphatic heterocycles. The maximum Gasteiger partial charge on any atom is 0.334 e. The van der Waals surface area contributed by atoms with E-state index >= 15 is 0 Å². The van der Waals surface area contributed by atoms with E-state index in [1.807, 2.05) is 20.8 Å². The van der Waals surface area contributed by atoms with Gasteiger partial charge in [-0.3, -0.25) is 13.9 Å². The number of azo groups is 1. The Hall–Kier alpha value is -4.07. The number of rotatable bonds is 3. The van der Waals surface area contributed by atoms with Crippen LogP contribution in [0.1, 0.15) is 68.0 Å². The molecule has 11 heteroatoms. The van der Waals surface area contributed by atoms with Crippen LogP contribution in [0, 0.1) is 6.57 Å². The van der Waals surface area contributed by atoms with Crippen molar-refractivity contribution in [3.8, 4) is 11.7 Å². The predicted molar refractivity (Wildman–Crippen MR) is 137 cm³/mol. The fourth-order valence-electron chi connectivity index (χ4n) is 3.70. The van der Waals surface area contributed by atoms with Crippen LogP contribution >= 0.6 is 0 Å². The second-order valence-electron chi connectivity index (χ2n) is 11.5. The highest BCUT2D eigenvalue weighted by Gasteiger charge is 2.31. The lowest BCUT2D eigenvalue weighted by atomic mass is 9.91. The van der Waals surface area contributed by atoms with Gasteiger partial charge in [0.15, 0.2) is 11.6 Å². The second-order valence-corrected chi connectivity index (χ2v) is 11.5. The van der Waals surface area contributed by atoms with Crippen molar-refractivity contribution in [2.75, 3.05) is 0 Å².